The molecule has 0 saturated heterocycles. The van der Waals surface area contributed by atoms with E-state index in [1.807, 2.05) is 45.0 Å². The Labute approximate surface area is 151 Å². The number of aryl methyl sites for hydroxylation is 2. The van der Waals surface area contributed by atoms with Crippen LogP contribution in [-0.4, -0.2) is 27.9 Å². The van der Waals surface area contributed by atoms with E-state index in [9.17, 15) is 4.79 Å². The van der Waals surface area contributed by atoms with Gasteiger partial charge in [0.1, 0.15) is 5.75 Å². The first-order chi connectivity index (χ1) is 12.6. The number of H-pyrrole nitrogens is 1. The molecule has 0 radical (unpaired) electrons. The zero-order valence-electron chi connectivity index (χ0n) is 15.0. The first-order valence-corrected chi connectivity index (χ1v) is 8.36. The van der Waals surface area contributed by atoms with Crippen LogP contribution < -0.4 is 15.4 Å². The molecule has 3 aromatic rings. The van der Waals surface area contributed by atoms with Crippen molar-refractivity contribution in [3.8, 4) is 5.75 Å². The molecule has 26 heavy (non-hydrogen) atoms. The number of aromatic amines is 1. The molecule has 0 spiro atoms. The van der Waals surface area contributed by atoms with Gasteiger partial charge < -0.3 is 15.4 Å². The normalized spacial score (nSPS) is 10.4. The van der Waals surface area contributed by atoms with Crippen molar-refractivity contribution in [2.45, 2.75) is 20.8 Å². The van der Waals surface area contributed by atoms with E-state index in [4.69, 9.17) is 4.74 Å². The summed E-state index contributed by atoms with van der Waals surface area (Å²) in [6.07, 6.45) is 0. The molecule has 2 aromatic carbocycles. The second kappa shape index (κ2) is 7.69. The van der Waals surface area contributed by atoms with E-state index >= 15 is 0 Å². The number of carbonyl (C=O) groups is 1. The molecular formula is C19H21N5O2. The third-order valence-electron chi connectivity index (χ3n) is 3.68. The molecular weight excluding hydrogens is 330 g/mol. The second-order valence-electron chi connectivity index (χ2n) is 5.91. The highest BCUT2D eigenvalue weighted by atomic mass is 16.5. The van der Waals surface area contributed by atoms with Crippen LogP contribution in [0.5, 0.6) is 5.75 Å². The Morgan fingerprint density at radius 2 is 1.85 bits per heavy atom. The topological polar surface area (TPSA) is 91.9 Å². The molecule has 0 atom stereocenters. The summed E-state index contributed by atoms with van der Waals surface area (Å²) >= 11 is 0. The van der Waals surface area contributed by atoms with Gasteiger partial charge in [-0.05, 0) is 56.2 Å². The maximum atomic E-state index is 12.6. The summed E-state index contributed by atoms with van der Waals surface area (Å²) in [6, 6.07) is 13.3. The summed E-state index contributed by atoms with van der Waals surface area (Å²) in [4.78, 5) is 12.6. The van der Waals surface area contributed by atoms with E-state index in [1.165, 1.54) is 0 Å². The first kappa shape index (κ1) is 17.5. The van der Waals surface area contributed by atoms with Crippen LogP contribution in [0.3, 0.4) is 0 Å². The fourth-order valence-corrected chi connectivity index (χ4v) is 2.69. The van der Waals surface area contributed by atoms with Crippen molar-refractivity contribution in [3.63, 3.8) is 0 Å². The van der Waals surface area contributed by atoms with Crippen LogP contribution in [0, 0.1) is 13.8 Å². The van der Waals surface area contributed by atoms with Crippen LogP contribution >= 0.6 is 0 Å². The summed E-state index contributed by atoms with van der Waals surface area (Å²) in [5.41, 5.74) is 3.84. The van der Waals surface area contributed by atoms with Gasteiger partial charge in [0.25, 0.3) is 5.91 Å². The van der Waals surface area contributed by atoms with Crippen molar-refractivity contribution in [2.24, 2.45) is 0 Å². The SMILES string of the molecule is CCOc1ccccc1NC(=O)c1n[nH]nc1Nc1cc(C)cc(C)c1. The van der Waals surface area contributed by atoms with Crippen molar-refractivity contribution in [1.29, 1.82) is 0 Å². The molecule has 0 fully saturated rings. The van der Waals surface area contributed by atoms with Gasteiger partial charge >= 0.3 is 0 Å². The third-order valence-corrected chi connectivity index (χ3v) is 3.68. The lowest BCUT2D eigenvalue weighted by molar-refractivity contribution is 0.102. The Balaban J connectivity index is 1.81. The zero-order chi connectivity index (χ0) is 18.5. The average molecular weight is 351 g/mol. The molecule has 134 valence electrons. The molecule has 7 heteroatoms. The monoisotopic (exact) mass is 351 g/mol. The van der Waals surface area contributed by atoms with E-state index < -0.39 is 0 Å². The van der Waals surface area contributed by atoms with E-state index in [2.05, 4.69) is 32.1 Å². The summed E-state index contributed by atoms with van der Waals surface area (Å²) in [6.45, 7) is 6.43. The Morgan fingerprint density at radius 1 is 1.12 bits per heavy atom. The summed E-state index contributed by atoms with van der Waals surface area (Å²) < 4.78 is 5.53. The summed E-state index contributed by atoms with van der Waals surface area (Å²) in [7, 11) is 0. The van der Waals surface area contributed by atoms with E-state index in [0.717, 1.165) is 16.8 Å². The highest BCUT2D eigenvalue weighted by Crippen LogP contribution is 2.25. The number of hydrogen-bond donors (Lipinski definition) is 3. The number of aromatic nitrogens is 3. The van der Waals surface area contributed by atoms with Gasteiger partial charge in [0.05, 0.1) is 12.3 Å². The maximum Gasteiger partial charge on any atom is 0.280 e. The van der Waals surface area contributed by atoms with E-state index in [-0.39, 0.29) is 11.6 Å². The molecule has 0 aliphatic carbocycles. The van der Waals surface area contributed by atoms with Gasteiger partial charge in [-0.25, -0.2) is 0 Å². The Kier molecular flexibility index (Phi) is 5.17. The fourth-order valence-electron chi connectivity index (χ4n) is 2.69. The molecule has 0 aliphatic heterocycles. The smallest absolute Gasteiger partial charge is 0.280 e. The van der Waals surface area contributed by atoms with Crippen LogP contribution in [-0.2, 0) is 0 Å². The van der Waals surface area contributed by atoms with Gasteiger partial charge in [-0.3, -0.25) is 4.79 Å². The number of para-hydroxylation sites is 2. The maximum absolute atomic E-state index is 12.6. The minimum atomic E-state index is -0.377. The first-order valence-electron chi connectivity index (χ1n) is 8.36. The van der Waals surface area contributed by atoms with Crippen molar-refractivity contribution >= 4 is 23.1 Å². The van der Waals surface area contributed by atoms with Gasteiger partial charge in [-0.1, -0.05) is 18.2 Å². The number of nitrogens with one attached hydrogen (secondary N) is 3. The molecule has 3 rings (SSSR count). The van der Waals surface area contributed by atoms with Crippen molar-refractivity contribution < 1.29 is 9.53 Å². The fraction of sp³-hybridized carbons (Fsp3) is 0.211. The van der Waals surface area contributed by atoms with Crippen LogP contribution in [0.2, 0.25) is 0 Å². The predicted molar refractivity (Wildman–Crippen MR) is 101 cm³/mol. The standard InChI is InChI=1S/C19H21N5O2/c1-4-26-16-8-6-5-7-15(16)21-19(25)17-18(23-24-22-17)20-14-10-12(2)9-13(3)11-14/h5-11H,4H2,1-3H3,(H,21,25)(H2,20,22,23,24). The van der Waals surface area contributed by atoms with Gasteiger partial charge in [-0.2, -0.15) is 5.21 Å². The van der Waals surface area contributed by atoms with Crippen LogP contribution in [0.1, 0.15) is 28.5 Å². The highest BCUT2D eigenvalue weighted by molar-refractivity contribution is 6.06. The largest absolute Gasteiger partial charge is 0.492 e. The van der Waals surface area contributed by atoms with Crippen molar-refractivity contribution in [2.75, 3.05) is 17.2 Å². The lowest BCUT2D eigenvalue weighted by atomic mass is 10.1. The van der Waals surface area contributed by atoms with Crippen LogP contribution in [0.25, 0.3) is 0 Å². The molecule has 1 aromatic heterocycles. The number of benzene rings is 2. The molecule has 7 nitrogen and oxygen atoms in total. The number of anilines is 3. The molecule has 0 unspecified atom stereocenters. The minimum Gasteiger partial charge on any atom is -0.492 e. The molecule has 0 bridgehead atoms. The molecule has 1 amide bonds. The number of hydrogen-bond acceptors (Lipinski definition) is 5. The van der Waals surface area contributed by atoms with Crippen molar-refractivity contribution in [3.05, 3.63) is 59.3 Å². The number of rotatable bonds is 6. The van der Waals surface area contributed by atoms with Crippen molar-refractivity contribution in [1.82, 2.24) is 15.4 Å². The zero-order valence-corrected chi connectivity index (χ0v) is 15.0. The molecule has 3 N–H and O–H groups in total. The molecule has 1 heterocycles. The third kappa shape index (κ3) is 4.00. The second-order valence-corrected chi connectivity index (χ2v) is 5.91. The Morgan fingerprint density at radius 3 is 2.58 bits per heavy atom. The van der Waals surface area contributed by atoms with Gasteiger partial charge in [0.2, 0.25) is 0 Å². The molecule has 0 aliphatic rings. The van der Waals surface area contributed by atoms with Gasteiger partial charge in [0, 0.05) is 5.69 Å². The van der Waals surface area contributed by atoms with Gasteiger partial charge in [0.15, 0.2) is 11.5 Å². The lowest BCUT2D eigenvalue weighted by Gasteiger charge is -2.11. The highest BCUT2D eigenvalue weighted by Gasteiger charge is 2.18. The number of nitrogens with zero attached hydrogens (tertiary/aromatic N) is 2. The number of carbonyl (C=O) groups excluding carboxylic acids is 1. The molecule has 0 saturated carbocycles. The predicted octanol–water partition coefficient (Wildman–Crippen LogP) is 3.82. The summed E-state index contributed by atoms with van der Waals surface area (Å²) in [5, 5.41) is 16.5. The minimum absolute atomic E-state index is 0.176. The van der Waals surface area contributed by atoms with Crippen LogP contribution in [0.15, 0.2) is 42.5 Å². The quantitative estimate of drug-likeness (QED) is 0.628. The lowest BCUT2D eigenvalue weighted by Crippen LogP contribution is -2.15. The van der Waals surface area contributed by atoms with E-state index in [0.29, 0.717) is 23.9 Å². The summed E-state index contributed by atoms with van der Waals surface area (Å²) in [5.74, 6) is 0.592. The average Bonchev–Trinajstić information content (AvgIpc) is 3.04. The Bertz CT molecular complexity index is 900. The number of ether oxygens (including phenoxy) is 1. The van der Waals surface area contributed by atoms with Gasteiger partial charge in [-0.15, -0.1) is 10.2 Å². The van der Waals surface area contributed by atoms with Crippen LogP contribution in [0.4, 0.5) is 17.2 Å². The Hall–Kier alpha value is -3.35. The number of amides is 1. The van der Waals surface area contributed by atoms with E-state index in [1.54, 1.807) is 12.1 Å².